The molecule has 3 rings (SSSR count). The fraction of sp³-hybridized carbons (Fsp3) is 0.125. The van der Waals surface area contributed by atoms with Crippen molar-refractivity contribution >= 4 is 23.6 Å². The number of hydrogen-bond donors (Lipinski definition) is 0. The average Bonchev–Trinajstić information content (AvgIpc) is 3.16. The van der Waals surface area contributed by atoms with Gasteiger partial charge in [-0.3, -0.25) is 14.9 Å². The first kappa shape index (κ1) is 16.0. The van der Waals surface area contributed by atoms with Crippen molar-refractivity contribution in [3.63, 3.8) is 0 Å². The Bertz CT molecular complexity index is 915. The van der Waals surface area contributed by atoms with Crippen LogP contribution in [0.5, 0.6) is 0 Å². The molecule has 0 atom stereocenters. The topological polar surface area (TPSA) is 91.2 Å². The molecule has 0 bridgehead atoms. The highest BCUT2D eigenvalue weighted by Crippen LogP contribution is 2.33. The van der Waals surface area contributed by atoms with Crippen LogP contribution in [0.4, 0.5) is 5.88 Å². The normalized spacial score (nSPS) is 10.8. The van der Waals surface area contributed by atoms with Gasteiger partial charge in [0.15, 0.2) is 0 Å². The minimum Gasteiger partial charge on any atom is -0.395 e. The lowest BCUT2D eigenvalue weighted by molar-refractivity contribution is -0.402. The van der Waals surface area contributed by atoms with Gasteiger partial charge in [0.1, 0.15) is 4.92 Å². The standard InChI is InChI=1S/C16H13N3O4S/c1-10-15(24-12-6-4-3-5-7-12)11(2)18(17-10)16(20)13-8-9-14(23-13)19(21)22/h3-9H,1-2H3. The summed E-state index contributed by atoms with van der Waals surface area (Å²) in [5, 5.41) is 14.9. The first-order valence-electron chi connectivity index (χ1n) is 7.05. The van der Waals surface area contributed by atoms with Crippen molar-refractivity contribution in [2.24, 2.45) is 0 Å². The van der Waals surface area contributed by atoms with E-state index in [1.807, 2.05) is 37.3 Å². The van der Waals surface area contributed by atoms with Crippen molar-refractivity contribution in [2.75, 3.05) is 0 Å². The minimum atomic E-state index is -0.686. The van der Waals surface area contributed by atoms with Gasteiger partial charge in [-0.2, -0.15) is 9.78 Å². The summed E-state index contributed by atoms with van der Waals surface area (Å²) in [5.74, 6) is -1.13. The van der Waals surface area contributed by atoms with Gasteiger partial charge in [0.25, 0.3) is 0 Å². The lowest BCUT2D eigenvalue weighted by Crippen LogP contribution is -2.14. The summed E-state index contributed by atoms with van der Waals surface area (Å²) in [4.78, 5) is 24.4. The largest absolute Gasteiger partial charge is 0.433 e. The third-order valence-corrected chi connectivity index (χ3v) is 4.67. The molecule has 0 amide bonds. The molecule has 0 aliphatic heterocycles. The second kappa shape index (κ2) is 6.32. The molecule has 0 saturated heterocycles. The average molecular weight is 343 g/mol. The van der Waals surface area contributed by atoms with E-state index in [1.165, 1.54) is 22.5 Å². The first-order chi connectivity index (χ1) is 11.5. The Morgan fingerprint density at radius 1 is 1.21 bits per heavy atom. The highest BCUT2D eigenvalue weighted by Gasteiger charge is 2.23. The molecule has 8 heteroatoms. The van der Waals surface area contributed by atoms with Crippen LogP contribution >= 0.6 is 11.8 Å². The Hall–Kier alpha value is -2.87. The molecule has 7 nitrogen and oxygen atoms in total. The van der Waals surface area contributed by atoms with E-state index in [-0.39, 0.29) is 5.76 Å². The van der Waals surface area contributed by atoms with Crippen LogP contribution in [-0.2, 0) is 0 Å². The van der Waals surface area contributed by atoms with Crippen LogP contribution in [-0.4, -0.2) is 20.6 Å². The molecule has 0 aliphatic carbocycles. The van der Waals surface area contributed by atoms with Gasteiger partial charge in [-0.15, -0.1) is 0 Å². The Morgan fingerprint density at radius 3 is 2.54 bits per heavy atom. The molecule has 0 N–H and O–H groups in total. The molecule has 24 heavy (non-hydrogen) atoms. The highest BCUT2D eigenvalue weighted by atomic mass is 32.2. The van der Waals surface area contributed by atoms with Crippen LogP contribution in [0.2, 0.25) is 0 Å². The zero-order valence-electron chi connectivity index (χ0n) is 12.9. The number of aromatic nitrogens is 2. The Morgan fingerprint density at radius 2 is 1.92 bits per heavy atom. The molecule has 0 saturated carbocycles. The summed E-state index contributed by atoms with van der Waals surface area (Å²) in [6.45, 7) is 3.59. The number of hydrogen-bond acceptors (Lipinski definition) is 6. The molecular formula is C16H13N3O4S. The zero-order chi connectivity index (χ0) is 17.3. The summed E-state index contributed by atoms with van der Waals surface area (Å²) < 4.78 is 6.18. The molecule has 3 aromatic rings. The fourth-order valence-electron chi connectivity index (χ4n) is 2.23. The second-order valence-electron chi connectivity index (χ2n) is 5.03. The van der Waals surface area contributed by atoms with Crippen LogP contribution in [0.15, 0.2) is 56.7 Å². The Kier molecular flexibility index (Phi) is 4.22. The Labute approximate surface area is 141 Å². The maximum atomic E-state index is 12.5. The number of aryl methyl sites for hydroxylation is 1. The predicted octanol–water partition coefficient (Wildman–Crippen LogP) is 3.84. The van der Waals surface area contributed by atoms with Crippen LogP contribution in [0.1, 0.15) is 21.9 Å². The summed E-state index contributed by atoms with van der Waals surface area (Å²) in [5.41, 5.74) is 1.36. The van der Waals surface area contributed by atoms with Crippen LogP contribution in [0.25, 0.3) is 0 Å². The maximum absolute atomic E-state index is 12.5. The number of nitrogens with zero attached hydrogens (tertiary/aromatic N) is 3. The first-order valence-corrected chi connectivity index (χ1v) is 7.87. The fourth-order valence-corrected chi connectivity index (χ4v) is 3.18. The van der Waals surface area contributed by atoms with Crippen molar-refractivity contribution in [3.05, 3.63) is 69.7 Å². The molecule has 2 heterocycles. The molecule has 0 fully saturated rings. The number of nitro groups is 1. The van der Waals surface area contributed by atoms with Crippen LogP contribution < -0.4 is 0 Å². The van der Waals surface area contributed by atoms with Crippen molar-refractivity contribution in [2.45, 2.75) is 23.6 Å². The maximum Gasteiger partial charge on any atom is 0.433 e. The quantitative estimate of drug-likeness (QED) is 0.528. The molecule has 122 valence electrons. The summed E-state index contributed by atoms with van der Waals surface area (Å²) >= 11 is 1.51. The molecule has 0 spiro atoms. The highest BCUT2D eigenvalue weighted by molar-refractivity contribution is 7.99. The van der Waals surface area contributed by atoms with E-state index < -0.39 is 16.7 Å². The summed E-state index contributed by atoms with van der Waals surface area (Å²) in [6, 6.07) is 12.2. The van der Waals surface area contributed by atoms with Gasteiger partial charge < -0.3 is 4.42 Å². The van der Waals surface area contributed by atoms with Gasteiger partial charge in [0.2, 0.25) is 5.76 Å². The smallest absolute Gasteiger partial charge is 0.395 e. The van der Waals surface area contributed by atoms with E-state index >= 15 is 0 Å². The molecule has 0 radical (unpaired) electrons. The van der Waals surface area contributed by atoms with Gasteiger partial charge >= 0.3 is 11.8 Å². The van der Waals surface area contributed by atoms with E-state index in [1.54, 1.807) is 6.92 Å². The number of benzene rings is 1. The van der Waals surface area contributed by atoms with Crippen LogP contribution in [0, 0.1) is 24.0 Å². The van der Waals surface area contributed by atoms with Crippen molar-refractivity contribution < 1.29 is 14.1 Å². The zero-order valence-corrected chi connectivity index (χ0v) is 13.7. The van der Waals surface area contributed by atoms with Crippen molar-refractivity contribution in [1.82, 2.24) is 9.78 Å². The van der Waals surface area contributed by atoms with Crippen LogP contribution in [0.3, 0.4) is 0 Å². The van der Waals surface area contributed by atoms with Gasteiger partial charge in [0, 0.05) is 4.90 Å². The van der Waals surface area contributed by atoms with E-state index in [0.29, 0.717) is 11.4 Å². The molecular weight excluding hydrogens is 330 g/mol. The number of rotatable bonds is 4. The van der Waals surface area contributed by atoms with E-state index in [4.69, 9.17) is 4.42 Å². The van der Waals surface area contributed by atoms with Crippen molar-refractivity contribution in [1.29, 1.82) is 0 Å². The molecule has 1 aromatic carbocycles. The lowest BCUT2D eigenvalue weighted by Gasteiger charge is -2.03. The third-order valence-electron chi connectivity index (χ3n) is 3.36. The predicted molar refractivity (Wildman–Crippen MR) is 87.4 cm³/mol. The molecule has 2 aromatic heterocycles. The van der Waals surface area contributed by atoms with Gasteiger partial charge in [-0.1, -0.05) is 30.0 Å². The number of carbonyl (C=O) groups is 1. The minimum absolute atomic E-state index is 0.122. The molecule has 0 aliphatic rings. The lowest BCUT2D eigenvalue weighted by atomic mass is 10.4. The van der Waals surface area contributed by atoms with Gasteiger partial charge in [-0.05, 0) is 32.0 Å². The molecule has 0 unspecified atom stereocenters. The van der Waals surface area contributed by atoms with E-state index in [9.17, 15) is 14.9 Å². The second-order valence-corrected chi connectivity index (χ2v) is 6.11. The van der Waals surface area contributed by atoms with Gasteiger partial charge in [0.05, 0.1) is 22.3 Å². The third kappa shape index (κ3) is 2.95. The van der Waals surface area contributed by atoms with E-state index in [0.717, 1.165) is 15.9 Å². The van der Waals surface area contributed by atoms with E-state index in [2.05, 4.69) is 5.10 Å². The number of furan rings is 1. The number of carbonyl (C=O) groups excluding carboxylic acids is 1. The monoisotopic (exact) mass is 343 g/mol. The summed E-state index contributed by atoms with van der Waals surface area (Å²) in [6.07, 6.45) is 0. The summed E-state index contributed by atoms with van der Waals surface area (Å²) in [7, 11) is 0. The SMILES string of the molecule is Cc1nn(C(=O)c2ccc([N+](=O)[O-])o2)c(C)c1Sc1ccccc1. The Balaban J connectivity index is 1.93. The van der Waals surface area contributed by atoms with Crippen molar-refractivity contribution in [3.8, 4) is 0 Å². The van der Waals surface area contributed by atoms with Gasteiger partial charge in [-0.25, -0.2) is 0 Å².